The monoisotopic (exact) mass is 556 g/mol. The van der Waals surface area contributed by atoms with Crippen LogP contribution in [0.4, 0.5) is 0 Å². The fourth-order valence-corrected chi connectivity index (χ4v) is 4.51. The van der Waals surface area contributed by atoms with Crippen LogP contribution in [-0.4, -0.2) is 65.1 Å². The van der Waals surface area contributed by atoms with E-state index in [0.29, 0.717) is 18.4 Å². The van der Waals surface area contributed by atoms with E-state index in [2.05, 4.69) is 6.92 Å². The molecule has 5 atom stereocenters. The summed E-state index contributed by atoms with van der Waals surface area (Å²) in [6.45, 7) is 3.61. The van der Waals surface area contributed by atoms with Gasteiger partial charge in [-0.1, -0.05) is 62.6 Å². The average Bonchev–Trinajstić information content (AvgIpc) is 2.95. The quantitative estimate of drug-likeness (QED) is 0.188. The fourth-order valence-electron chi connectivity index (χ4n) is 4.51. The second kappa shape index (κ2) is 15.4. The number of rotatable bonds is 13. The molecule has 1 aliphatic heterocycles. The Kier molecular flexibility index (Phi) is 12.0. The zero-order chi connectivity index (χ0) is 29.1. The first-order valence-corrected chi connectivity index (χ1v) is 13.8. The van der Waals surface area contributed by atoms with Gasteiger partial charge in [0, 0.05) is 12.0 Å². The maximum absolute atomic E-state index is 13.5. The zero-order valence-corrected chi connectivity index (χ0v) is 23.3. The smallest absolute Gasteiger partial charge is 0.334 e. The fraction of sp³-hybridized carbons (Fsp3) is 0.484. The zero-order valence-electron chi connectivity index (χ0n) is 23.3. The lowest BCUT2D eigenvalue weighted by molar-refractivity contribution is -0.285. The molecule has 1 aliphatic rings. The molecule has 1 heterocycles. The number of aliphatic hydroxyl groups is 2. The number of aromatic hydroxyl groups is 1. The van der Waals surface area contributed by atoms with E-state index < -0.39 is 42.6 Å². The summed E-state index contributed by atoms with van der Waals surface area (Å²) in [5.41, 5.74) is 1.85. The van der Waals surface area contributed by atoms with Crippen LogP contribution in [0, 0.1) is 0 Å². The molecule has 0 aliphatic carbocycles. The Morgan fingerprint density at radius 1 is 0.975 bits per heavy atom. The molecule has 2 aromatic carbocycles. The van der Waals surface area contributed by atoms with Crippen molar-refractivity contribution in [2.24, 2.45) is 0 Å². The van der Waals surface area contributed by atoms with Crippen LogP contribution in [-0.2, 0) is 30.2 Å². The lowest BCUT2D eigenvalue weighted by Crippen LogP contribution is -2.59. The summed E-state index contributed by atoms with van der Waals surface area (Å²) in [4.78, 5) is 26.1. The first-order chi connectivity index (χ1) is 19.2. The molecule has 0 aromatic heterocycles. The minimum absolute atomic E-state index is 0.0435. The van der Waals surface area contributed by atoms with Crippen LogP contribution in [0.1, 0.15) is 63.5 Å². The van der Waals surface area contributed by atoms with E-state index >= 15 is 0 Å². The number of hydrogen-bond donors (Lipinski definition) is 3. The Morgan fingerprint density at radius 2 is 1.73 bits per heavy atom. The van der Waals surface area contributed by atoms with E-state index in [0.717, 1.165) is 24.8 Å². The van der Waals surface area contributed by atoms with Crippen molar-refractivity contribution in [2.45, 2.75) is 89.5 Å². The third kappa shape index (κ3) is 8.81. The molecule has 0 unspecified atom stereocenters. The van der Waals surface area contributed by atoms with Crippen molar-refractivity contribution in [2.75, 3.05) is 7.11 Å². The maximum Gasteiger partial charge on any atom is 0.334 e. The number of carbonyl (C=O) groups excluding carboxylic acids is 2. The molecule has 0 bridgehead atoms. The predicted octanol–water partition coefficient (Wildman–Crippen LogP) is 4.31. The lowest BCUT2D eigenvalue weighted by atomic mass is 9.98. The van der Waals surface area contributed by atoms with Crippen LogP contribution in [0.15, 0.2) is 54.1 Å². The Bertz CT molecular complexity index is 1130. The first kappa shape index (κ1) is 31.1. The van der Waals surface area contributed by atoms with Gasteiger partial charge in [0.1, 0.15) is 6.10 Å². The number of methoxy groups -OCH3 is 1. The van der Waals surface area contributed by atoms with E-state index in [1.54, 1.807) is 18.2 Å². The molecule has 0 saturated carbocycles. The summed E-state index contributed by atoms with van der Waals surface area (Å²) in [6, 6.07) is 14.3. The van der Waals surface area contributed by atoms with Crippen LogP contribution >= 0.6 is 0 Å². The summed E-state index contributed by atoms with van der Waals surface area (Å²) in [5.74, 6) is -1.11. The molecule has 3 N–H and O–H groups in total. The van der Waals surface area contributed by atoms with Gasteiger partial charge in [-0.2, -0.15) is 0 Å². The molecule has 0 radical (unpaired) electrons. The van der Waals surface area contributed by atoms with Crippen LogP contribution in [0.5, 0.6) is 11.5 Å². The molecule has 1 fully saturated rings. The SMILES string of the molecule is CCCCCCC(=O)O[C@H]1[C@@H](O)[C@H](C)O[C@@H](O)[C@@H]1OC(=O)C(=Cc1ccc(O)c(OC)c1)CCc1ccccc1. The second-order valence-electron chi connectivity index (χ2n) is 9.94. The number of aryl methyl sites for hydroxylation is 1. The minimum Gasteiger partial charge on any atom is -0.504 e. The number of phenolic OH excluding ortho intramolecular Hbond substituents is 1. The number of esters is 2. The number of unbranched alkanes of at least 4 members (excludes halogenated alkanes) is 3. The Hall–Kier alpha value is -3.40. The van der Waals surface area contributed by atoms with Crippen molar-refractivity contribution in [3.63, 3.8) is 0 Å². The van der Waals surface area contributed by atoms with Crippen LogP contribution in [0.2, 0.25) is 0 Å². The third-order valence-corrected chi connectivity index (χ3v) is 6.85. The van der Waals surface area contributed by atoms with Gasteiger partial charge in [0.2, 0.25) is 0 Å². The van der Waals surface area contributed by atoms with E-state index in [1.807, 2.05) is 30.3 Å². The van der Waals surface area contributed by atoms with Gasteiger partial charge in [-0.15, -0.1) is 0 Å². The molecule has 2 aromatic rings. The predicted molar refractivity (Wildman–Crippen MR) is 148 cm³/mol. The van der Waals surface area contributed by atoms with Gasteiger partial charge in [0.25, 0.3) is 0 Å². The van der Waals surface area contributed by atoms with Crippen LogP contribution in [0.25, 0.3) is 6.08 Å². The van der Waals surface area contributed by atoms with E-state index in [9.17, 15) is 24.9 Å². The number of benzene rings is 2. The molecule has 9 heteroatoms. The summed E-state index contributed by atoms with van der Waals surface area (Å²) in [5, 5.41) is 31.4. The number of carbonyl (C=O) groups is 2. The largest absolute Gasteiger partial charge is 0.504 e. The summed E-state index contributed by atoms with van der Waals surface area (Å²) >= 11 is 0. The molecule has 0 amide bonds. The summed E-state index contributed by atoms with van der Waals surface area (Å²) in [6.07, 6.45) is -0.402. The minimum atomic E-state index is -1.61. The third-order valence-electron chi connectivity index (χ3n) is 6.85. The van der Waals surface area contributed by atoms with Crippen LogP contribution in [0.3, 0.4) is 0 Å². The number of aliphatic hydroxyl groups excluding tert-OH is 2. The number of phenols is 1. The van der Waals surface area contributed by atoms with Gasteiger partial charge >= 0.3 is 11.9 Å². The molecular formula is C31H40O9. The van der Waals surface area contributed by atoms with Crippen molar-refractivity contribution in [1.29, 1.82) is 0 Å². The molecule has 9 nitrogen and oxygen atoms in total. The van der Waals surface area contributed by atoms with Crippen molar-refractivity contribution in [3.05, 3.63) is 65.2 Å². The molecule has 218 valence electrons. The Labute approximate surface area is 235 Å². The van der Waals surface area contributed by atoms with Gasteiger partial charge in [-0.3, -0.25) is 4.79 Å². The van der Waals surface area contributed by atoms with Gasteiger partial charge in [0.15, 0.2) is 30.0 Å². The maximum atomic E-state index is 13.5. The molecule has 1 saturated heterocycles. The van der Waals surface area contributed by atoms with Crippen LogP contribution < -0.4 is 4.74 Å². The lowest BCUT2D eigenvalue weighted by Gasteiger charge is -2.40. The van der Waals surface area contributed by atoms with Crippen molar-refractivity contribution < 1.29 is 43.9 Å². The highest BCUT2D eigenvalue weighted by molar-refractivity contribution is 5.94. The van der Waals surface area contributed by atoms with Gasteiger partial charge in [-0.05, 0) is 55.5 Å². The van der Waals surface area contributed by atoms with Gasteiger partial charge in [0.05, 0.1) is 13.2 Å². The van der Waals surface area contributed by atoms with Crippen molar-refractivity contribution in [3.8, 4) is 11.5 Å². The van der Waals surface area contributed by atoms with Gasteiger partial charge < -0.3 is 34.3 Å². The highest BCUT2D eigenvalue weighted by atomic mass is 16.7. The first-order valence-electron chi connectivity index (χ1n) is 13.8. The molecular weight excluding hydrogens is 516 g/mol. The van der Waals surface area contributed by atoms with Gasteiger partial charge in [-0.25, -0.2) is 4.79 Å². The standard InChI is InChI=1S/C31H40O9/c1-4-5-6-10-13-26(33)39-28-27(34)20(2)38-31(36)29(28)40-30(35)23(16-14-21-11-8-7-9-12-21)18-22-15-17-24(32)25(19-22)37-3/h7-9,11-12,15,17-20,27-29,31-32,34,36H,4-6,10,13-14,16H2,1-3H3/t20-,27-,28-,29+,31+/m0/s1. The Balaban J connectivity index is 1.83. The summed E-state index contributed by atoms with van der Waals surface area (Å²) in [7, 11) is 1.43. The molecule has 0 spiro atoms. The van der Waals surface area contributed by atoms with E-state index in [1.165, 1.54) is 20.1 Å². The molecule has 40 heavy (non-hydrogen) atoms. The number of hydrogen-bond acceptors (Lipinski definition) is 9. The number of ether oxygens (including phenoxy) is 4. The Morgan fingerprint density at radius 3 is 2.42 bits per heavy atom. The highest BCUT2D eigenvalue weighted by Gasteiger charge is 2.48. The van der Waals surface area contributed by atoms with Crippen molar-refractivity contribution >= 4 is 18.0 Å². The van der Waals surface area contributed by atoms with Crippen molar-refractivity contribution in [1.82, 2.24) is 0 Å². The second-order valence-corrected chi connectivity index (χ2v) is 9.94. The normalized spacial score (nSPS) is 22.9. The van der Waals surface area contributed by atoms with E-state index in [4.69, 9.17) is 18.9 Å². The van der Waals surface area contributed by atoms with E-state index in [-0.39, 0.29) is 29.9 Å². The topological polar surface area (TPSA) is 132 Å². The molecule has 3 rings (SSSR count). The highest BCUT2D eigenvalue weighted by Crippen LogP contribution is 2.30. The average molecular weight is 557 g/mol. The summed E-state index contributed by atoms with van der Waals surface area (Å²) < 4.78 is 21.8.